The quantitative estimate of drug-likeness (QED) is 0.601. The normalized spacial score (nSPS) is 25.0. The van der Waals surface area contributed by atoms with E-state index in [2.05, 4.69) is 5.10 Å². The molecule has 11 heteroatoms. The van der Waals surface area contributed by atoms with E-state index < -0.39 is 15.7 Å². The van der Waals surface area contributed by atoms with E-state index in [-0.39, 0.29) is 32.9 Å². The molecular formula is C17H26BrClN4O3S2. The Labute approximate surface area is 186 Å². The molecule has 1 aromatic carbocycles. The first-order valence-corrected chi connectivity index (χ1v) is 11.8. The molecule has 1 saturated carbocycles. The number of rotatable bonds is 4. The zero-order valence-corrected chi connectivity index (χ0v) is 19.9. The Morgan fingerprint density at radius 2 is 1.96 bits per heavy atom. The Balaban J connectivity index is 0.00000280. The molecule has 3 N–H and O–H groups in total. The summed E-state index contributed by atoms with van der Waals surface area (Å²) in [5.41, 5.74) is -0.913. The van der Waals surface area contributed by atoms with Gasteiger partial charge in [-0.3, -0.25) is 0 Å². The van der Waals surface area contributed by atoms with Crippen LogP contribution in [0.4, 0.5) is 0 Å². The first-order chi connectivity index (χ1) is 12.6. The SMILES string of the molecule is Br.CN(C)N=C1SCC(O)(c2ccc(Cl)c(S(N)(=O)=O)c2)N1C1CCCCC1. The highest BCUT2D eigenvalue weighted by molar-refractivity contribution is 8.93. The van der Waals surface area contributed by atoms with Gasteiger partial charge in [-0.15, -0.1) is 17.0 Å². The standard InChI is InChI=1S/C17H25ClN4O3S2.BrH/c1-21(2)20-16-22(13-6-4-3-5-7-13)17(23,11-26-16)12-8-9-14(18)15(10-12)27(19,24)25;/h8-10,13,23H,3-7,11H2,1-2H3,(H2,19,24,25);1H. The van der Waals surface area contributed by atoms with E-state index in [1.807, 2.05) is 19.0 Å². The van der Waals surface area contributed by atoms with Gasteiger partial charge in [0, 0.05) is 25.7 Å². The van der Waals surface area contributed by atoms with Crippen LogP contribution in [0.15, 0.2) is 28.2 Å². The molecule has 28 heavy (non-hydrogen) atoms. The van der Waals surface area contributed by atoms with Gasteiger partial charge in [-0.05, 0) is 25.0 Å². The Hall–Kier alpha value is -0.520. The number of sulfonamides is 1. The average Bonchev–Trinajstić information content (AvgIpc) is 2.91. The van der Waals surface area contributed by atoms with Crippen molar-refractivity contribution in [1.29, 1.82) is 0 Å². The lowest BCUT2D eigenvalue weighted by molar-refractivity contribution is -0.0741. The minimum atomic E-state index is -3.99. The Morgan fingerprint density at radius 1 is 1.32 bits per heavy atom. The smallest absolute Gasteiger partial charge is 0.239 e. The highest BCUT2D eigenvalue weighted by Crippen LogP contribution is 2.44. The zero-order valence-electron chi connectivity index (χ0n) is 15.8. The molecule has 7 nitrogen and oxygen atoms in total. The molecule has 0 amide bonds. The molecule has 2 fully saturated rings. The van der Waals surface area contributed by atoms with E-state index in [9.17, 15) is 13.5 Å². The largest absolute Gasteiger partial charge is 0.366 e. The molecule has 1 saturated heterocycles. The Kier molecular flexibility index (Phi) is 7.72. The van der Waals surface area contributed by atoms with Crippen molar-refractivity contribution in [2.45, 2.75) is 48.8 Å². The summed E-state index contributed by atoms with van der Waals surface area (Å²) in [7, 11) is -0.317. The summed E-state index contributed by atoms with van der Waals surface area (Å²) in [5.74, 6) is 0.349. The average molecular weight is 514 g/mol. The van der Waals surface area contributed by atoms with E-state index in [4.69, 9.17) is 16.7 Å². The predicted octanol–water partition coefficient (Wildman–Crippen LogP) is 2.92. The molecule has 1 aliphatic carbocycles. The lowest BCUT2D eigenvalue weighted by atomic mass is 9.91. The number of primary sulfonamides is 1. The number of thioether (sulfide) groups is 1. The van der Waals surface area contributed by atoms with Crippen LogP contribution in [-0.2, 0) is 15.7 Å². The summed E-state index contributed by atoms with van der Waals surface area (Å²) >= 11 is 7.49. The first kappa shape index (κ1) is 23.8. The fraction of sp³-hybridized carbons (Fsp3) is 0.588. The second kappa shape index (κ2) is 9.09. The maximum Gasteiger partial charge on any atom is 0.239 e. The minimum Gasteiger partial charge on any atom is -0.366 e. The minimum absolute atomic E-state index is 0. The number of hydrogen-bond acceptors (Lipinski definition) is 6. The van der Waals surface area contributed by atoms with Crippen molar-refractivity contribution in [3.05, 3.63) is 28.8 Å². The van der Waals surface area contributed by atoms with Gasteiger partial charge in [0.15, 0.2) is 10.9 Å². The van der Waals surface area contributed by atoms with E-state index in [1.54, 1.807) is 11.1 Å². The lowest BCUT2D eigenvalue weighted by Crippen LogP contribution is -2.51. The molecule has 158 valence electrons. The molecule has 0 bridgehead atoms. The van der Waals surface area contributed by atoms with Crippen LogP contribution in [0.1, 0.15) is 37.7 Å². The molecule has 1 aromatic rings. The van der Waals surface area contributed by atoms with Crippen molar-refractivity contribution in [2.75, 3.05) is 19.8 Å². The second-order valence-corrected chi connectivity index (χ2v) is 10.1. The van der Waals surface area contributed by atoms with Crippen LogP contribution >= 0.6 is 40.3 Å². The number of hydrazone groups is 1. The molecular weight excluding hydrogens is 488 g/mol. The third-order valence-corrected chi connectivity index (χ3v) is 7.41. The molecule has 1 heterocycles. The van der Waals surface area contributed by atoms with Gasteiger partial charge >= 0.3 is 0 Å². The van der Waals surface area contributed by atoms with Gasteiger partial charge in [-0.25, -0.2) is 13.6 Å². The molecule has 0 spiro atoms. The van der Waals surface area contributed by atoms with Gasteiger partial charge in [-0.2, -0.15) is 5.10 Å². The maximum atomic E-state index is 11.9. The summed E-state index contributed by atoms with van der Waals surface area (Å²) in [6.07, 6.45) is 5.31. The molecule has 0 aromatic heterocycles. The third-order valence-electron chi connectivity index (χ3n) is 4.93. The molecule has 1 aliphatic heterocycles. The Morgan fingerprint density at radius 3 is 2.54 bits per heavy atom. The fourth-order valence-corrected chi connectivity index (χ4v) is 6.07. The van der Waals surface area contributed by atoms with Crippen molar-refractivity contribution in [3.8, 4) is 0 Å². The van der Waals surface area contributed by atoms with Gasteiger partial charge in [0.05, 0.1) is 10.8 Å². The lowest BCUT2D eigenvalue weighted by Gasteiger charge is -2.42. The van der Waals surface area contributed by atoms with Crippen LogP contribution in [0.25, 0.3) is 0 Å². The first-order valence-electron chi connectivity index (χ1n) is 8.86. The van der Waals surface area contributed by atoms with E-state index >= 15 is 0 Å². The van der Waals surface area contributed by atoms with Crippen LogP contribution < -0.4 is 5.14 Å². The van der Waals surface area contributed by atoms with E-state index in [0.29, 0.717) is 11.3 Å². The van der Waals surface area contributed by atoms with Crippen LogP contribution in [0.5, 0.6) is 0 Å². The Bertz CT molecular complexity index is 847. The molecule has 3 rings (SSSR count). The molecule has 2 aliphatic rings. The fourth-order valence-electron chi connectivity index (χ4n) is 3.70. The number of hydrogen-bond donors (Lipinski definition) is 2. The van der Waals surface area contributed by atoms with E-state index in [1.165, 1.54) is 30.3 Å². The van der Waals surface area contributed by atoms with Crippen molar-refractivity contribution >= 4 is 55.5 Å². The number of nitrogens with two attached hydrogens (primary N) is 1. The highest BCUT2D eigenvalue weighted by atomic mass is 79.9. The molecule has 1 unspecified atom stereocenters. The number of benzene rings is 1. The van der Waals surface area contributed by atoms with Gasteiger partial charge in [0.2, 0.25) is 10.0 Å². The van der Waals surface area contributed by atoms with Crippen LogP contribution in [0.2, 0.25) is 5.02 Å². The van der Waals surface area contributed by atoms with Gasteiger partial charge in [-0.1, -0.05) is 48.7 Å². The van der Waals surface area contributed by atoms with Gasteiger partial charge in [0.1, 0.15) is 4.90 Å². The van der Waals surface area contributed by atoms with Gasteiger partial charge < -0.3 is 15.0 Å². The predicted molar refractivity (Wildman–Crippen MR) is 119 cm³/mol. The van der Waals surface area contributed by atoms with Gasteiger partial charge in [0.25, 0.3) is 0 Å². The second-order valence-electron chi connectivity index (χ2n) is 7.19. The summed E-state index contributed by atoms with van der Waals surface area (Å²) < 4.78 is 23.8. The topological polar surface area (TPSA) is 99.2 Å². The monoisotopic (exact) mass is 512 g/mol. The van der Waals surface area contributed by atoms with Crippen LogP contribution in [-0.4, -0.2) is 54.5 Å². The number of nitrogens with zero attached hydrogens (tertiary/aromatic N) is 3. The van der Waals surface area contributed by atoms with Crippen molar-refractivity contribution < 1.29 is 13.5 Å². The van der Waals surface area contributed by atoms with Crippen LogP contribution in [0.3, 0.4) is 0 Å². The number of aliphatic hydroxyl groups is 1. The summed E-state index contributed by atoms with van der Waals surface area (Å²) in [5, 5.41) is 24.0. The summed E-state index contributed by atoms with van der Waals surface area (Å²) in [4.78, 5) is 1.77. The van der Waals surface area contributed by atoms with Crippen molar-refractivity contribution in [3.63, 3.8) is 0 Å². The molecule has 1 atom stereocenters. The number of amidine groups is 1. The summed E-state index contributed by atoms with van der Waals surface area (Å²) in [6, 6.07) is 4.66. The van der Waals surface area contributed by atoms with Crippen molar-refractivity contribution in [1.82, 2.24) is 9.91 Å². The highest BCUT2D eigenvalue weighted by Gasteiger charge is 2.48. The molecule has 0 radical (unpaired) electrons. The van der Waals surface area contributed by atoms with E-state index in [0.717, 1.165) is 30.9 Å². The van der Waals surface area contributed by atoms with Crippen molar-refractivity contribution in [2.24, 2.45) is 10.2 Å². The number of halogens is 2. The van der Waals surface area contributed by atoms with Crippen LogP contribution in [0, 0.1) is 0 Å². The third kappa shape index (κ3) is 4.79. The zero-order chi connectivity index (χ0) is 19.8. The summed E-state index contributed by atoms with van der Waals surface area (Å²) in [6.45, 7) is 0. The maximum absolute atomic E-state index is 11.9.